The van der Waals surface area contributed by atoms with Crippen molar-refractivity contribution in [2.24, 2.45) is 0 Å². The Morgan fingerprint density at radius 1 is 1.20 bits per heavy atom. The van der Waals surface area contributed by atoms with E-state index in [1.54, 1.807) is 7.11 Å². The van der Waals surface area contributed by atoms with Gasteiger partial charge in [-0.3, -0.25) is 0 Å². The smallest absolute Gasteiger partial charge is 0.123 e. The molecular weight excluding hydrogens is 359 g/mol. The van der Waals surface area contributed by atoms with Crippen LogP contribution in [0.15, 0.2) is 40.9 Å². The number of alkyl halides is 1. The van der Waals surface area contributed by atoms with Gasteiger partial charge in [0.1, 0.15) is 5.75 Å². The average molecular weight is 374 g/mol. The minimum Gasteiger partial charge on any atom is -0.496 e. The SMILES string of the molecule is COc1cc(C)c(Br)cc1C(Cl)Cc1ccc(Cl)cc1. The Balaban J connectivity index is 2.26. The van der Waals surface area contributed by atoms with Gasteiger partial charge in [-0.25, -0.2) is 0 Å². The molecule has 0 aliphatic carbocycles. The fourth-order valence-electron chi connectivity index (χ4n) is 2.03. The third kappa shape index (κ3) is 3.69. The van der Waals surface area contributed by atoms with Gasteiger partial charge in [0.2, 0.25) is 0 Å². The van der Waals surface area contributed by atoms with Crippen LogP contribution in [0.2, 0.25) is 5.02 Å². The van der Waals surface area contributed by atoms with Crippen molar-refractivity contribution in [3.63, 3.8) is 0 Å². The van der Waals surface area contributed by atoms with Crippen LogP contribution in [0.4, 0.5) is 0 Å². The predicted octanol–water partition coefficient (Wildman–Crippen LogP) is 5.94. The maximum Gasteiger partial charge on any atom is 0.123 e. The van der Waals surface area contributed by atoms with Crippen molar-refractivity contribution in [2.45, 2.75) is 18.7 Å². The summed E-state index contributed by atoms with van der Waals surface area (Å²) >= 11 is 16.0. The molecule has 2 rings (SSSR count). The Morgan fingerprint density at radius 3 is 2.45 bits per heavy atom. The summed E-state index contributed by atoms with van der Waals surface area (Å²) in [5.41, 5.74) is 3.26. The van der Waals surface area contributed by atoms with Gasteiger partial charge in [0.15, 0.2) is 0 Å². The summed E-state index contributed by atoms with van der Waals surface area (Å²) in [5, 5.41) is 0.582. The summed E-state index contributed by atoms with van der Waals surface area (Å²) in [4.78, 5) is 0. The largest absolute Gasteiger partial charge is 0.496 e. The Labute approximate surface area is 138 Å². The van der Waals surface area contributed by atoms with Gasteiger partial charge in [0, 0.05) is 15.1 Å². The summed E-state index contributed by atoms with van der Waals surface area (Å²) in [5.74, 6) is 0.819. The molecule has 2 aromatic rings. The van der Waals surface area contributed by atoms with Crippen LogP contribution >= 0.6 is 39.1 Å². The van der Waals surface area contributed by atoms with E-state index in [-0.39, 0.29) is 5.38 Å². The van der Waals surface area contributed by atoms with Crippen molar-refractivity contribution in [2.75, 3.05) is 7.11 Å². The van der Waals surface area contributed by atoms with Crippen molar-refractivity contribution in [1.29, 1.82) is 0 Å². The molecule has 0 spiro atoms. The number of aryl methyl sites for hydroxylation is 1. The van der Waals surface area contributed by atoms with Gasteiger partial charge in [0.05, 0.1) is 12.5 Å². The highest BCUT2D eigenvalue weighted by Gasteiger charge is 2.16. The molecule has 1 nitrogen and oxygen atoms in total. The summed E-state index contributed by atoms with van der Waals surface area (Å²) in [6, 6.07) is 11.8. The Morgan fingerprint density at radius 2 is 1.85 bits per heavy atom. The number of ether oxygens (including phenoxy) is 1. The van der Waals surface area contributed by atoms with E-state index in [1.165, 1.54) is 0 Å². The lowest BCUT2D eigenvalue weighted by atomic mass is 10.0. The van der Waals surface area contributed by atoms with Crippen molar-refractivity contribution >= 4 is 39.1 Å². The fourth-order valence-corrected chi connectivity index (χ4v) is 2.87. The molecule has 4 heteroatoms. The maximum absolute atomic E-state index is 6.55. The van der Waals surface area contributed by atoms with E-state index in [9.17, 15) is 0 Å². The second kappa shape index (κ2) is 6.84. The second-order valence-corrected chi connectivity index (χ2v) is 6.46. The standard InChI is InChI=1S/C16H15BrCl2O/c1-10-7-16(20-2)13(9-14(10)17)15(19)8-11-3-5-12(18)6-4-11/h3-7,9,15H,8H2,1-2H3. The van der Waals surface area contributed by atoms with Crippen molar-refractivity contribution in [3.05, 3.63) is 62.6 Å². The summed E-state index contributed by atoms with van der Waals surface area (Å²) in [6.45, 7) is 2.03. The molecular formula is C16H15BrCl2O. The summed E-state index contributed by atoms with van der Waals surface area (Å²) in [7, 11) is 1.66. The van der Waals surface area contributed by atoms with E-state index < -0.39 is 0 Å². The zero-order valence-electron chi connectivity index (χ0n) is 11.3. The van der Waals surface area contributed by atoms with Gasteiger partial charge in [-0.15, -0.1) is 11.6 Å². The van der Waals surface area contributed by atoms with E-state index in [0.717, 1.165) is 38.4 Å². The minimum atomic E-state index is -0.150. The summed E-state index contributed by atoms with van der Waals surface area (Å²) in [6.07, 6.45) is 0.727. The van der Waals surface area contributed by atoms with E-state index >= 15 is 0 Å². The lowest BCUT2D eigenvalue weighted by Crippen LogP contribution is -2.00. The Bertz CT molecular complexity index is 596. The maximum atomic E-state index is 6.55. The normalized spacial score (nSPS) is 12.2. The van der Waals surface area contributed by atoms with Crippen LogP contribution in [0.5, 0.6) is 5.75 Å². The van der Waals surface area contributed by atoms with Gasteiger partial charge >= 0.3 is 0 Å². The summed E-state index contributed by atoms with van der Waals surface area (Å²) < 4.78 is 6.47. The zero-order valence-corrected chi connectivity index (χ0v) is 14.4. The highest BCUT2D eigenvalue weighted by atomic mass is 79.9. The van der Waals surface area contributed by atoms with Gasteiger partial charge in [0.25, 0.3) is 0 Å². The number of rotatable bonds is 4. The number of halogens is 3. The van der Waals surface area contributed by atoms with Gasteiger partial charge < -0.3 is 4.74 Å². The fraction of sp³-hybridized carbons (Fsp3) is 0.250. The molecule has 0 saturated heterocycles. The molecule has 0 heterocycles. The Kier molecular flexibility index (Phi) is 5.36. The monoisotopic (exact) mass is 372 g/mol. The lowest BCUT2D eigenvalue weighted by molar-refractivity contribution is 0.408. The van der Waals surface area contributed by atoms with E-state index in [2.05, 4.69) is 15.9 Å². The number of methoxy groups -OCH3 is 1. The molecule has 0 aromatic heterocycles. The first kappa shape index (κ1) is 15.7. The molecule has 20 heavy (non-hydrogen) atoms. The lowest BCUT2D eigenvalue weighted by Gasteiger charge is -2.16. The van der Waals surface area contributed by atoms with Crippen molar-refractivity contribution < 1.29 is 4.74 Å². The Hall–Kier alpha value is -0.700. The molecule has 0 bridgehead atoms. The highest BCUT2D eigenvalue weighted by Crippen LogP contribution is 2.36. The van der Waals surface area contributed by atoms with Crippen LogP contribution in [-0.2, 0) is 6.42 Å². The molecule has 1 atom stereocenters. The van der Waals surface area contributed by atoms with E-state index in [0.29, 0.717) is 0 Å². The molecule has 0 aliphatic heterocycles. The van der Waals surface area contributed by atoms with Crippen LogP contribution in [0.3, 0.4) is 0 Å². The molecule has 0 saturated carbocycles. The molecule has 2 aromatic carbocycles. The highest BCUT2D eigenvalue weighted by molar-refractivity contribution is 9.10. The number of hydrogen-bond donors (Lipinski definition) is 0. The molecule has 0 fully saturated rings. The predicted molar refractivity (Wildman–Crippen MR) is 89.2 cm³/mol. The topological polar surface area (TPSA) is 9.23 Å². The zero-order chi connectivity index (χ0) is 14.7. The third-order valence-corrected chi connectivity index (χ3v) is 4.67. The molecule has 0 radical (unpaired) electrons. The van der Waals surface area contributed by atoms with Crippen LogP contribution in [0.25, 0.3) is 0 Å². The molecule has 106 valence electrons. The van der Waals surface area contributed by atoms with Crippen molar-refractivity contribution in [3.8, 4) is 5.75 Å². The van der Waals surface area contributed by atoms with Gasteiger partial charge in [-0.1, -0.05) is 39.7 Å². The first-order chi connectivity index (χ1) is 9.51. The molecule has 1 unspecified atom stereocenters. The molecule has 0 amide bonds. The third-order valence-electron chi connectivity index (χ3n) is 3.18. The first-order valence-electron chi connectivity index (χ1n) is 6.24. The van der Waals surface area contributed by atoms with Crippen LogP contribution in [0, 0.1) is 6.92 Å². The number of benzene rings is 2. The second-order valence-electron chi connectivity index (χ2n) is 4.64. The van der Waals surface area contributed by atoms with Crippen LogP contribution in [0.1, 0.15) is 22.1 Å². The average Bonchev–Trinajstić information content (AvgIpc) is 2.43. The first-order valence-corrected chi connectivity index (χ1v) is 7.84. The molecule has 0 aliphatic rings. The number of hydrogen-bond acceptors (Lipinski definition) is 1. The van der Waals surface area contributed by atoms with Crippen LogP contribution in [-0.4, -0.2) is 7.11 Å². The minimum absolute atomic E-state index is 0.150. The van der Waals surface area contributed by atoms with E-state index in [4.69, 9.17) is 27.9 Å². The van der Waals surface area contributed by atoms with Crippen molar-refractivity contribution in [1.82, 2.24) is 0 Å². The van der Waals surface area contributed by atoms with E-state index in [1.807, 2.05) is 43.3 Å². The van der Waals surface area contributed by atoms with Gasteiger partial charge in [-0.05, 0) is 48.7 Å². The quantitative estimate of drug-likeness (QED) is 0.602. The van der Waals surface area contributed by atoms with Gasteiger partial charge in [-0.2, -0.15) is 0 Å². The van der Waals surface area contributed by atoms with Crippen LogP contribution < -0.4 is 4.74 Å². The molecule has 0 N–H and O–H groups in total.